The molecule has 2 amide bonds. The number of H-pyrrole nitrogens is 1. The number of aromatic amines is 1. The Morgan fingerprint density at radius 3 is 2.84 bits per heavy atom. The van der Waals surface area contributed by atoms with Crippen LogP contribution >= 0.6 is 11.3 Å². The fourth-order valence-electron chi connectivity index (χ4n) is 3.85. The van der Waals surface area contributed by atoms with Crippen molar-refractivity contribution < 1.29 is 19.1 Å². The summed E-state index contributed by atoms with van der Waals surface area (Å²) >= 11 is 1.37. The van der Waals surface area contributed by atoms with Crippen LogP contribution in [0.4, 0.5) is 0 Å². The maximum atomic E-state index is 13.0. The van der Waals surface area contributed by atoms with Crippen molar-refractivity contribution in [2.24, 2.45) is 0 Å². The van der Waals surface area contributed by atoms with Gasteiger partial charge in [-0.25, -0.2) is 4.98 Å². The summed E-state index contributed by atoms with van der Waals surface area (Å²) in [5.74, 6) is 0.414. The van der Waals surface area contributed by atoms with E-state index in [1.54, 1.807) is 18.1 Å². The maximum Gasteiger partial charge on any atom is 0.283 e. The third-order valence-corrected chi connectivity index (χ3v) is 6.72. The van der Waals surface area contributed by atoms with Gasteiger partial charge in [-0.2, -0.15) is 5.10 Å². The highest BCUT2D eigenvalue weighted by Crippen LogP contribution is 2.39. The molecule has 1 N–H and O–H groups in total. The van der Waals surface area contributed by atoms with E-state index in [1.165, 1.54) is 16.2 Å². The van der Waals surface area contributed by atoms with Crippen LogP contribution in [0.15, 0.2) is 30.6 Å². The molecule has 0 atom stereocenters. The molecule has 32 heavy (non-hydrogen) atoms. The van der Waals surface area contributed by atoms with Gasteiger partial charge in [0.2, 0.25) is 5.91 Å². The van der Waals surface area contributed by atoms with E-state index in [0.717, 1.165) is 33.0 Å². The second-order valence-electron chi connectivity index (χ2n) is 7.74. The number of ether oxygens (including phenoxy) is 2. The molecule has 0 aliphatic carbocycles. The van der Waals surface area contributed by atoms with Crippen LogP contribution in [0.1, 0.15) is 14.7 Å². The van der Waals surface area contributed by atoms with Gasteiger partial charge in [0.05, 0.1) is 38.3 Å². The Morgan fingerprint density at radius 2 is 2.06 bits per heavy atom. The normalized spacial score (nSPS) is 15.3. The van der Waals surface area contributed by atoms with E-state index in [0.29, 0.717) is 44.3 Å². The molecule has 9 nitrogen and oxygen atoms in total. The molecule has 0 bridgehead atoms. The van der Waals surface area contributed by atoms with Gasteiger partial charge < -0.3 is 19.3 Å². The van der Waals surface area contributed by atoms with Crippen LogP contribution in [-0.4, -0.2) is 83.3 Å². The van der Waals surface area contributed by atoms with Gasteiger partial charge in [0, 0.05) is 48.8 Å². The summed E-state index contributed by atoms with van der Waals surface area (Å²) < 4.78 is 11.3. The van der Waals surface area contributed by atoms with Gasteiger partial charge in [-0.05, 0) is 17.7 Å². The number of aromatic nitrogens is 3. The standard InChI is InChI=1S/C22H23N5O4S/c1-26(13-19(28)27-5-8-30-9-6-27)22(29)21-25-20-16-3-2-14(15-11-23-24-12-15)10-17(16)31-7-4-18(20)32-21/h2-3,10-12H,4-9,13H2,1H3,(H,23,24). The van der Waals surface area contributed by atoms with Crippen LogP contribution in [0.5, 0.6) is 5.75 Å². The van der Waals surface area contributed by atoms with Gasteiger partial charge in [-0.1, -0.05) is 6.07 Å². The Bertz CT molecular complexity index is 1140. The summed E-state index contributed by atoms with van der Waals surface area (Å²) in [6, 6.07) is 5.95. The second-order valence-corrected chi connectivity index (χ2v) is 8.83. The van der Waals surface area contributed by atoms with Crippen molar-refractivity contribution in [3.63, 3.8) is 0 Å². The van der Waals surface area contributed by atoms with Crippen LogP contribution in [0.25, 0.3) is 22.4 Å². The Hall–Kier alpha value is -3.24. The molecule has 0 radical (unpaired) electrons. The Morgan fingerprint density at radius 1 is 1.22 bits per heavy atom. The highest BCUT2D eigenvalue weighted by Gasteiger charge is 2.27. The van der Waals surface area contributed by atoms with Crippen molar-refractivity contribution >= 4 is 23.2 Å². The number of fused-ring (bicyclic) bond motifs is 3. The fourth-order valence-corrected chi connectivity index (χ4v) is 4.90. The number of nitrogens with zero attached hydrogens (tertiary/aromatic N) is 4. The zero-order valence-electron chi connectivity index (χ0n) is 17.7. The van der Waals surface area contributed by atoms with Crippen molar-refractivity contribution in [2.75, 3.05) is 46.5 Å². The highest BCUT2D eigenvalue weighted by atomic mass is 32.1. The van der Waals surface area contributed by atoms with Crippen LogP contribution in [-0.2, 0) is 16.0 Å². The molecule has 1 saturated heterocycles. The zero-order chi connectivity index (χ0) is 22.1. The van der Waals surface area contributed by atoms with Gasteiger partial charge in [-0.15, -0.1) is 11.3 Å². The first-order valence-corrected chi connectivity index (χ1v) is 11.3. The molecule has 2 aliphatic heterocycles. The molecule has 3 aromatic rings. The molecule has 1 aromatic carbocycles. The number of carbonyl (C=O) groups is 2. The number of nitrogens with one attached hydrogen (secondary N) is 1. The van der Waals surface area contributed by atoms with Gasteiger partial charge >= 0.3 is 0 Å². The second kappa shape index (κ2) is 8.71. The van der Waals surface area contributed by atoms with E-state index < -0.39 is 0 Å². The summed E-state index contributed by atoms with van der Waals surface area (Å²) in [6.07, 6.45) is 4.27. The van der Waals surface area contributed by atoms with E-state index in [-0.39, 0.29) is 18.4 Å². The van der Waals surface area contributed by atoms with Crippen molar-refractivity contribution in [3.8, 4) is 28.1 Å². The van der Waals surface area contributed by atoms with E-state index in [4.69, 9.17) is 9.47 Å². The van der Waals surface area contributed by atoms with Crippen LogP contribution in [0.3, 0.4) is 0 Å². The smallest absolute Gasteiger partial charge is 0.283 e. The minimum atomic E-state index is -0.248. The average Bonchev–Trinajstić information content (AvgIpc) is 3.47. The first-order chi connectivity index (χ1) is 15.6. The lowest BCUT2D eigenvalue weighted by molar-refractivity contribution is -0.135. The topological polar surface area (TPSA) is 101 Å². The summed E-state index contributed by atoms with van der Waals surface area (Å²) in [5.41, 5.74) is 3.61. The Labute approximate surface area is 189 Å². The number of likely N-dealkylation sites (N-methyl/N-ethyl adjacent to an activating group) is 1. The molecular formula is C22H23N5O4S. The van der Waals surface area contributed by atoms with Gasteiger partial charge in [0.25, 0.3) is 5.91 Å². The number of amides is 2. The summed E-state index contributed by atoms with van der Waals surface area (Å²) in [4.78, 5) is 34.4. The third kappa shape index (κ3) is 3.98. The summed E-state index contributed by atoms with van der Waals surface area (Å²) in [5, 5.41) is 7.21. The number of morpholine rings is 1. The van der Waals surface area contributed by atoms with Gasteiger partial charge in [0.1, 0.15) is 5.75 Å². The predicted molar refractivity (Wildman–Crippen MR) is 119 cm³/mol. The van der Waals surface area contributed by atoms with E-state index in [9.17, 15) is 9.59 Å². The van der Waals surface area contributed by atoms with Crippen LogP contribution < -0.4 is 4.74 Å². The number of hydrogen-bond acceptors (Lipinski definition) is 7. The summed E-state index contributed by atoms with van der Waals surface area (Å²) in [6.45, 7) is 2.72. The first kappa shape index (κ1) is 20.7. The molecule has 0 spiro atoms. The Kier molecular flexibility index (Phi) is 5.62. The maximum absolute atomic E-state index is 13.0. The van der Waals surface area contributed by atoms with Crippen molar-refractivity contribution in [1.29, 1.82) is 0 Å². The average molecular weight is 454 g/mol. The minimum absolute atomic E-state index is 0.0246. The monoisotopic (exact) mass is 453 g/mol. The summed E-state index contributed by atoms with van der Waals surface area (Å²) in [7, 11) is 1.64. The highest BCUT2D eigenvalue weighted by molar-refractivity contribution is 7.14. The lowest BCUT2D eigenvalue weighted by atomic mass is 10.0. The van der Waals surface area contributed by atoms with Gasteiger partial charge in [-0.3, -0.25) is 14.7 Å². The first-order valence-electron chi connectivity index (χ1n) is 10.5. The molecule has 2 aliphatic rings. The lowest BCUT2D eigenvalue weighted by Crippen LogP contribution is -2.46. The van der Waals surface area contributed by atoms with E-state index in [1.807, 2.05) is 24.4 Å². The van der Waals surface area contributed by atoms with Crippen LogP contribution in [0.2, 0.25) is 0 Å². The minimum Gasteiger partial charge on any atom is -0.492 e. The lowest BCUT2D eigenvalue weighted by Gasteiger charge is -2.28. The van der Waals surface area contributed by atoms with Crippen molar-refractivity contribution in [2.45, 2.75) is 6.42 Å². The SMILES string of the molecule is CN(CC(=O)N1CCOCC1)C(=O)c1nc2c(s1)CCOc1cc(-c3cn[nH]c3)ccc1-2. The molecule has 2 aromatic heterocycles. The number of hydrogen-bond donors (Lipinski definition) is 1. The molecule has 0 saturated carbocycles. The molecule has 10 heteroatoms. The fraction of sp³-hybridized carbons (Fsp3) is 0.364. The zero-order valence-corrected chi connectivity index (χ0v) is 18.5. The van der Waals surface area contributed by atoms with Crippen molar-refractivity contribution in [1.82, 2.24) is 25.0 Å². The molecule has 1 fully saturated rings. The largest absolute Gasteiger partial charge is 0.492 e. The third-order valence-electron chi connectivity index (χ3n) is 5.62. The van der Waals surface area contributed by atoms with Crippen molar-refractivity contribution in [3.05, 3.63) is 40.5 Å². The molecule has 4 heterocycles. The molecule has 0 unspecified atom stereocenters. The quantitative estimate of drug-likeness (QED) is 0.649. The number of thiazole rings is 1. The van der Waals surface area contributed by atoms with Gasteiger partial charge in [0.15, 0.2) is 5.01 Å². The number of benzene rings is 1. The van der Waals surface area contributed by atoms with E-state index in [2.05, 4.69) is 15.2 Å². The van der Waals surface area contributed by atoms with E-state index >= 15 is 0 Å². The number of rotatable bonds is 4. The van der Waals surface area contributed by atoms with Crippen LogP contribution in [0, 0.1) is 0 Å². The number of carbonyl (C=O) groups excluding carboxylic acids is 2. The molecular weight excluding hydrogens is 430 g/mol. The Balaban J connectivity index is 1.37. The molecule has 166 valence electrons. The predicted octanol–water partition coefficient (Wildman–Crippen LogP) is 2.07. The molecule has 5 rings (SSSR count).